The summed E-state index contributed by atoms with van der Waals surface area (Å²) in [5.41, 5.74) is 1.02. The number of esters is 1. The van der Waals surface area contributed by atoms with E-state index >= 15 is 0 Å². The molecule has 0 aliphatic carbocycles. The number of ether oxygens (including phenoxy) is 2. The smallest absolute Gasteiger partial charge is 0.306 e. The van der Waals surface area contributed by atoms with E-state index in [1.807, 2.05) is 0 Å². The van der Waals surface area contributed by atoms with Crippen LogP contribution >= 0.6 is 0 Å². The number of nitrogens with one attached hydrogen (secondary N) is 1. The molecule has 0 aliphatic rings. The summed E-state index contributed by atoms with van der Waals surface area (Å²) in [5, 5.41) is 10.3. The molecule has 2 aromatic rings. The van der Waals surface area contributed by atoms with Crippen molar-refractivity contribution in [2.45, 2.75) is 40.0 Å². The Morgan fingerprint density at radius 1 is 1.22 bits per heavy atom. The number of H-pyrrole nitrogens is 1. The van der Waals surface area contributed by atoms with E-state index in [0.29, 0.717) is 24.0 Å². The van der Waals surface area contributed by atoms with Crippen molar-refractivity contribution in [2.24, 2.45) is 5.92 Å². The molecule has 0 fully saturated rings. The molecule has 1 atom stereocenters. The highest BCUT2D eigenvalue weighted by Gasteiger charge is 2.25. The van der Waals surface area contributed by atoms with Gasteiger partial charge in [0.1, 0.15) is 11.5 Å². The number of hydrogen-bond acceptors (Lipinski definition) is 5. The monoisotopic (exact) mass is 373 g/mol. The number of aryl methyl sites for hydroxylation is 1. The number of rotatable bonds is 8. The molecule has 0 aliphatic heterocycles. The van der Waals surface area contributed by atoms with Crippen LogP contribution in [0.25, 0.3) is 0 Å². The minimum Gasteiger partial charge on any atom is -0.507 e. The lowest BCUT2D eigenvalue weighted by molar-refractivity contribution is -0.143. The fourth-order valence-electron chi connectivity index (χ4n) is 2.85. The van der Waals surface area contributed by atoms with Crippen LogP contribution in [0.1, 0.15) is 49.9 Å². The maximum Gasteiger partial charge on any atom is 0.306 e. The summed E-state index contributed by atoms with van der Waals surface area (Å²) in [6.07, 6.45) is -0.0419. The van der Waals surface area contributed by atoms with E-state index in [2.05, 4.69) is 18.8 Å². The molecular weight excluding hydrogens is 346 g/mol. The van der Waals surface area contributed by atoms with E-state index in [9.17, 15) is 14.7 Å². The average molecular weight is 373 g/mol. The molecule has 6 nitrogen and oxygen atoms in total. The normalized spacial score (nSPS) is 12.0. The van der Waals surface area contributed by atoms with Crippen LogP contribution < -0.4 is 10.3 Å². The molecule has 1 heterocycles. The summed E-state index contributed by atoms with van der Waals surface area (Å²) in [6, 6.07) is 8.69. The second-order valence-corrected chi connectivity index (χ2v) is 6.92. The van der Waals surface area contributed by atoms with Crippen molar-refractivity contribution in [2.75, 3.05) is 13.2 Å². The Labute approximate surface area is 159 Å². The third-order valence-corrected chi connectivity index (χ3v) is 4.07. The van der Waals surface area contributed by atoms with Crippen molar-refractivity contribution in [3.05, 3.63) is 57.5 Å². The van der Waals surface area contributed by atoms with Crippen LogP contribution in [0, 0.1) is 12.8 Å². The Balaban J connectivity index is 2.39. The topological polar surface area (TPSA) is 88.6 Å². The first-order valence-electron chi connectivity index (χ1n) is 9.13. The molecule has 1 unspecified atom stereocenters. The molecule has 0 amide bonds. The lowest BCUT2D eigenvalue weighted by atomic mass is 9.88. The summed E-state index contributed by atoms with van der Waals surface area (Å²) in [4.78, 5) is 27.2. The molecule has 6 heteroatoms. The van der Waals surface area contributed by atoms with Crippen molar-refractivity contribution in [3.63, 3.8) is 0 Å². The number of aromatic nitrogens is 1. The molecule has 1 aromatic heterocycles. The fourth-order valence-corrected chi connectivity index (χ4v) is 2.85. The van der Waals surface area contributed by atoms with Gasteiger partial charge in [-0.3, -0.25) is 9.59 Å². The highest BCUT2D eigenvalue weighted by atomic mass is 16.5. The van der Waals surface area contributed by atoms with Crippen LogP contribution in [0.3, 0.4) is 0 Å². The lowest BCUT2D eigenvalue weighted by Crippen LogP contribution is -2.21. The highest BCUT2D eigenvalue weighted by molar-refractivity contribution is 5.71. The molecule has 0 spiro atoms. The summed E-state index contributed by atoms with van der Waals surface area (Å²) >= 11 is 0. The Hall–Kier alpha value is -2.76. The van der Waals surface area contributed by atoms with Gasteiger partial charge < -0.3 is 19.6 Å². The van der Waals surface area contributed by atoms with Gasteiger partial charge in [-0.25, -0.2) is 0 Å². The number of hydrogen-bond donors (Lipinski definition) is 2. The summed E-state index contributed by atoms with van der Waals surface area (Å²) < 4.78 is 10.7. The number of benzene rings is 1. The molecule has 0 radical (unpaired) electrons. The molecular formula is C21H27NO5. The van der Waals surface area contributed by atoms with Gasteiger partial charge in [0.15, 0.2) is 0 Å². The lowest BCUT2D eigenvalue weighted by Gasteiger charge is -2.18. The SMILES string of the molecule is CCOC(=O)CC(c1ccc(OCC(C)C)cc1)c1c(O)cc(C)[nH]c1=O. The van der Waals surface area contributed by atoms with Crippen molar-refractivity contribution in [1.29, 1.82) is 0 Å². The zero-order chi connectivity index (χ0) is 20.0. The molecule has 27 heavy (non-hydrogen) atoms. The predicted octanol–water partition coefficient (Wildman–Crippen LogP) is 3.51. The molecule has 2 N–H and O–H groups in total. The van der Waals surface area contributed by atoms with E-state index in [0.717, 1.165) is 5.56 Å². The maximum atomic E-state index is 12.5. The zero-order valence-corrected chi connectivity index (χ0v) is 16.2. The molecule has 0 bridgehead atoms. The third-order valence-electron chi connectivity index (χ3n) is 4.07. The zero-order valence-electron chi connectivity index (χ0n) is 16.2. The van der Waals surface area contributed by atoms with Gasteiger partial charge in [0.25, 0.3) is 5.56 Å². The number of aromatic hydroxyl groups is 1. The van der Waals surface area contributed by atoms with E-state index in [-0.39, 0.29) is 24.3 Å². The minimum atomic E-state index is -0.618. The van der Waals surface area contributed by atoms with Crippen LogP contribution in [0.15, 0.2) is 35.1 Å². The number of carbonyl (C=O) groups is 1. The van der Waals surface area contributed by atoms with Gasteiger partial charge in [0.05, 0.1) is 25.2 Å². The summed E-state index contributed by atoms with van der Waals surface area (Å²) in [7, 11) is 0. The van der Waals surface area contributed by atoms with Gasteiger partial charge >= 0.3 is 5.97 Å². The van der Waals surface area contributed by atoms with Crippen molar-refractivity contribution >= 4 is 5.97 Å². The average Bonchev–Trinajstić information content (AvgIpc) is 2.59. The maximum absolute atomic E-state index is 12.5. The van der Waals surface area contributed by atoms with E-state index in [1.54, 1.807) is 38.1 Å². The van der Waals surface area contributed by atoms with Crippen LogP contribution in [0.5, 0.6) is 11.5 Å². The Kier molecular flexibility index (Phi) is 7.05. The highest BCUT2D eigenvalue weighted by Crippen LogP contribution is 2.33. The first-order chi connectivity index (χ1) is 12.8. The second-order valence-electron chi connectivity index (χ2n) is 6.92. The number of carbonyl (C=O) groups excluding carboxylic acids is 1. The Morgan fingerprint density at radius 3 is 2.44 bits per heavy atom. The van der Waals surface area contributed by atoms with Crippen molar-refractivity contribution in [1.82, 2.24) is 4.98 Å². The standard InChI is InChI=1S/C21H27NO5/c1-5-26-19(24)11-17(20-18(23)10-14(4)22-21(20)25)15-6-8-16(9-7-15)27-12-13(2)3/h6-10,13,17H,5,11-12H2,1-4H3,(H2,22,23,25). The Morgan fingerprint density at radius 2 is 1.89 bits per heavy atom. The molecule has 1 aromatic carbocycles. The van der Waals surface area contributed by atoms with Gasteiger partial charge in [-0.15, -0.1) is 0 Å². The van der Waals surface area contributed by atoms with Crippen LogP contribution in [0.4, 0.5) is 0 Å². The summed E-state index contributed by atoms with van der Waals surface area (Å²) in [5.74, 6) is -0.0612. The van der Waals surface area contributed by atoms with Crippen LogP contribution in [-0.2, 0) is 9.53 Å². The predicted molar refractivity (Wildman–Crippen MR) is 103 cm³/mol. The molecule has 146 valence electrons. The van der Waals surface area contributed by atoms with Gasteiger partial charge in [-0.1, -0.05) is 26.0 Å². The second kappa shape index (κ2) is 9.26. The fraction of sp³-hybridized carbons (Fsp3) is 0.429. The third kappa shape index (κ3) is 5.61. The van der Waals surface area contributed by atoms with E-state index < -0.39 is 17.4 Å². The Bertz CT molecular complexity index is 823. The number of aromatic amines is 1. The van der Waals surface area contributed by atoms with Crippen LogP contribution in [0.2, 0.25) is 0 Å². The molecule has 0 saturated carbocycles. The minimum absolute atomic E-state index is 0.0419. The molecule has 2 rings (SSSR count). The number of pyridine rings is 1. The van der Waals surface area contributed by atoms with Crippen molar-refractivity contribution in [3.8, 4) is 11.5 Å². The van der Waals surface area contributed by atoms with Gasteiger partial charge in [-0.05, 0) is 43.5 Å². The van der Waals surface area contributed by atoms with Crippen LogP contribution in [-0.4, -0.2) is 29.3 Å². The molecule has 0 saturated heterocycles. The van der Waals surface area contributed by atoms with Gasteiger partial charge in [0.2, 0.25) is 0 Å². The summed E-state index contributed by atoms with van der Waals surface area (Å²) in [6.45, 7) is 8.40. The first kappa shape index (κ1) is 20.6. The van der Waals surface area contributed by atoms with Gasteiger partial charge in [-0.2, -0.15) is 0 Å². The largest absolute Gasteiger partial charge is 0.507 e. The quantitative estimate of drug-likeness (QED) is 0.691. The van der Waals surface area contributed by atoms with Gasteiger partial charge in [0, 0.05) is 11.6 Å². The van der Waals surface area contributed by atoms with E-state index in [1.165, 1.54) is 6.07 Å². The van der Waals surface area contributed by atoms with Crippen molar-refractivity contribution < 1.29 is 19.4 Å². The van der Waals surface area contributed by atoms with E-state index in [4.69, 9.17) is 9.47 Å². The first-order valence-corrected chi connectivity index (χ1v) is 9.13.